The fourth-order valence-corrected chi connectivity index (χ4v) is 2.41. The molecule has 4 N–H and O–H groups in total. The average molecular weight is 382 g/mol. The quantitative estimate of drug-likeness (QED) is 0.616. The fraction of sp³-hybridized carbons (Fsp3) is 0.286. The predicted octanol–water partition coefficient (Wildman–Crippen LogP) is 3.22. The zero-order chi connectivity index (χ0) is 20.7. The summed E-state index contributed by atoms with van der Waals surface area (Å²) in [5, 5.41) is 11.3. The van der Waals surface area contributed by atoms with Gasteiger partial charge in [0.1, 0.15) is 0 Å². The summed E-state index contributed by atoms with van der Waals surface area (Å²) in [5.74, 6) is -0.545. The van der Waals surface area contributed by atoms with Crippen molar-refractivity contribution in [3.05, 3.63) is 54.1 Å². The van der Waals surface area contributed by atoms with Crippen LogP contribution in [0.2, 0.25) is 0 Å². The third-order valence-corrected chi connectivity index (χ3v) is 3.56. The molecule has 0 aliphatic rings. The third kappa shape index (κ3) is 7.11. The highest BCUT2D eigenvalue weighted by Crippen LogP contribution is 2.14. The van der Waals surface area contributed by atoms with Crippen LogP contribution in [0.25, 0.3) is 0 Å². The van der Waals surface area contributed by atoms with Crippen LogP contribution < -0.4 is 21.3 Å². The minimum Gasteiger partial charge on any atom is -0.376 e. The lowest BCUT2D eigenvalue weighted by Crippen LogP contribution is -2.40. The van der Waals surface area contributed by atoms with Gasteiger partial charge >= 0.3 is 0 Å². The molecule has 0 aliphatic heterocycles. The van der Waals surface area contributed by atoms with E-state index in [9.17, 15) is 14.4 Å². The van der Waals surface area contributed by atoms with Gasteiger partial charge < -0.3 is 21.3 Å². The average Bonchev–Trinajstić information content (AvgIpc) is 2.60. The number of benzene rings is 2. The summed E-state index contributed by atoms with van der Waals surface area (Å²) in [6.07, 6.45) is 0. The molecule has 7 heteroatoms. The standard InChI is InChI=1S/C21H26N4O3/c1-14(26)23-16-8-10-17(11-9-16)24-19(27)13-22-18-7-5-6-15(12-18)20(28)25-21(2,3)4/h5-12,22H,13H2,1-4H3,(H,23,26)(H,24,27)(H,25,28). The normalized spacial score (nSPS) is 10.7. The second-order valence-corrected chi connectivity index (χ2v) is 7.45. The van der Waals surface area contributed by atoms with Crippen molar-refractivity contribution >= 4 is 34.8 Å². The van der Waals surface area contributed by atoms with Crippen molar-refractivity contribution in [1.29, 1.82) is 0 Å². The van der Waals surface area contributed by atoms with Gasteiger partial charge in [-0.25, -0.2) is 0 Å². The van der Waals surface area contributed by atoms with E-state index in [0.717, 1.165) is 0 Å². The van der Waals surface area contributed by atoms with Crippen LogP contribution in [-0.2, 0) is 9.59 Å². The number of carbonyl (C=O) groups is 3. The Labute approximate surface area is 164 Å². The Kier molecular flexibility index (Phi) is 6.76. The summed E-state index contributed by atoms with van der Waals surface area (Å²) >= 11 is 0. The van der Waals surface area contributed by atoms with Gasteiger partial charge in [0.05, 0.1) is 6.54 Å². The molecule has 0 radical (unpaired) electrons. The van der Waals surface area contributed by atoms with E-state index >= 15 is 0 Å². The maximum atomic E-state index is 12.2. The summed E-state index contributed by atoms with van der Waals surface area (Å²) in [4.78, 5) is 35.4. The van der Waals surface area contributed by atoms with Crippen LogP contribution in [0.3, 0.4) is 0 Å². The largest absolute Gasteiger partial charge is 0.376 e. The van der Waals surface area contributed by atoms with E-state index in [1.165, 1.54) is 6.92 Å². The van der Waals surface area contributed by atoms with Gasteiger partial charge in [-0.15, -0.1) is 0 Å². The van der Waals surface area contributed by atoms with E-state index in [0.29, 0.717) is 22.6 Å². The fourth-order valence-electron chi connectivity index (χ4n) is 2.41. The van der Waals surface area contributed by atoms with Crippen LogP contribution in [-0.4, -0.2) is 29.8 Å². The van der Waals surface area contributed by atoms with E-state index in [1.54, 1.807) is 48.5 Å². The van der Waals surface area contributed by atoms with E-state index in [1.807, 2.05) is 20.8 Å². The van der Waals surface area contributed by atoms with Crippen LogP contribution in [0.15, 0.2) is 48.5 Å². The maximum Gasteiger partial charge on any atom is 0.251 e. The Morgan fingerprint density at radius 2 is 1.46 bits per heavy atom. The summed E-state index contributed by atoms with van der Waals surface area (Å²) in [5.41, 5.74) is 2.16. The van der Waals surface area contributed by atoms with E-state index in [-0.39, 0.29) is 29.8 Å². The highest BCUT2D eigenvalue weighted by Gasteiger charge is 2.15. The lowest BCUT2D eigenvalue weighted by atomic mass is 10.1. The molecule has 0 saturated carbocycles. The van der Waals surface area contributed by atoms with Crippen molar-refractivity contribution in [3.8, 4) is 0 Å². The molecule has 0 heterocycles. The van der Waals surface area contributed by atoms with Gasteiger partial charge in [0.25, 0.3) is 5.91 Å². The summed E-state index contributed by atoms with van der Waals surface area (Å²) in [7, 11) is 0. The SMILES string of the molecule is CC(=O)Nc1ccc(NC(=O)CNc2cccc(C(=O)NC(C)(C)C)c2)cc1. The molecule has 0 fully saturated rings. The van der Waals surface area contributed by atoms with Gasteiger partial charge in [-0.05, 0) is 63.2 Å². The lowest BCUT2D eigenvalue weighted by molar-refractivity contribution is -0.115. The minimum atomic E-state index is -0.324. The highest BCUT2D eigenvalue weighted by atomic mass is 16.2. The number of anilines is 3. The van der Waals surface area contributed by atoms with E-state index < -0.39 is 0 Å². The number of nitrogens with one attached hydrogen (secondary N) is 4. The van der Waals surface area contributed by atoms with Gasteiger partial charge in [-0.3, -0.25) is 14.4 Å². The molecule has 28 heavy (non-hydrogen) atoms. The van der Waals surface area contributed by atoms with Gasteiger partial charge in [-0.2, -0.15) is 0 Å². The molecular weight excluding hydrogens is 356 g/mol. The Hall–Kier alpha value is -3.35. The Morgan fingerprint density at radius 1 is 0.857 bits per heavy atom. The lowest BCUT2D eigenvalue weighted by Gasteiger charge is -2.20. The highest BCUT2D eigenvalue weighted by molar-refractivity contribution is 5.96. The smallest absolute Gasteiger partial charge is 0.251 e. The number of hydrogen-bond donors (Lipinski definition) is 4. The molecule has 0 bridgehead atoms. The minimum absolute atomic E-state index is 0.0534. The summed E-state index contributed by atoms with van der Waals surface area (Å²) in [6.45, 7) is 7.24. The van der Waals surface area contributed by atoms with Crippen LogP contribution in [0.5, 0.6) is 0 Å². The first kappa shape index (κ1) is 21.0. The molecule has 0 atom stereocenters. The number of amides is 3. The van der Waals surface area contributed by atoms with Crippen molar-refractivity contribution in [1.82, 2.24) is 5.32 Å². The second-order valence-electron chi connectivity index (χ2n) is 7.45. The number of rotatable bonds is 6. The molecule has 0 aromatic heterocycles. The van der Waals surface area contributed by atoms with Gasteiger partial charge in [0.15, 0.2) is 0 Å². The van der Waals surface area contributed by atoms with Gasteiger partial charge in [0.2, 0.25) is 11.8 Å². The van der Waals surface area contributed by atoms with Crippen molar-refractivity contribution in [2.24, 2.45) is 0 Å². The van der Waals surface area contributed by atoms with Gasteiger partial charge in [0, 0.05) is 35.1 Å². The van der Waals surface area contributed by atoms with Crippen LogP contribution >= 0.6 is 0 Å². The van der Waals surface area contributed by atoms with Crippen LogP contribution in [0.1, 0.15) is 38.1 Å². The Morgan fingerprint density at radius 3 is 2.04 bits per heavy atom. The van der Waals surface area contributed by atoms with Crippen molar-refractivity contribution in [3.63, 3.8) is 0 Å². The number of carbonyl (C=O) groups excluding carboxylic acids is 3. The summed E-state index contributed by atoms with van der Waals surface area (Å²) in [6, 6.07) is 13.8. The summed E-state index contributed by atoms with van der Waals surface area (Å²) < 4.78 is 0. The molecule has 2 aromatic rings. The molecule has 2 rings (SSSR count). The van der Waals surface area contributed by atoms with Crippen molar-refractivity contribution in [2.45, 2.75) is 33.2 Å². The predicted molar refractivity (Wildman–Crippen MR) is 112 cm³/mol. The van der Waals surface area contributed by atoms with Crippen LogP contribution in [0.4, 0.5) is 17.1 Å². The molecule has 0 unspecified atom stereocenters. The first-order chi connectivity index (χ1) is 13.1. The zero-order valence-electron chi connectivity index (χ0n) is 16.6. The molecule has 0 spiro atoms. The first-order valence-corrected chi connectivity index (χ1v) is 8.96. The molecule has 3 amide bonds. The monoisotopic (exact) mass is 382 g/mol. The van der Waals surface area contributed by atoms with Crippen molar-refractivity contribution in [2.75, 3.05) is 22.5 Å². The van der Waals surface area contributed by atoms with E-state index in [4.69, 9.17) is 0 Å². The molecule has 0 aliphatic carbocycles. The maximum absolute atomic E-state index is 12.2. The number of hydrogen-bond acceptors (Lipinski definition) is 4. The Balaban J connectivity index is 1.89. The molecular formula is C21H26N4O3. The van der Waals surface area contributed by atoms with Gasteiger partial charge in [-0.1, -0.05) is 6.07 Å². The van der Waals surface area contributed by atoms with Crippen molar-refractivity contribution < 1.29 is 14.4 Å². The second kappa shape index (κ2) is 9.03. The molecule has 7 nitrogen and oxygen atoms in total. The molecule has 0 saturated heterocycles. The zero-order valence-corrected chi connectivity index (χ0v) is 16.6. The Bertz CT molecular complexity index is 855. The third-order valence-electron chi connectivity index (χ3n) is 3.56. The molecule has 148 valence electrons. The van der Waals surface area contributed by atoms with E-state index in [2.05, 4.69) is 21.3 Å². The van der Waals surface area contributed by atoms with Crippen LogP contribution in [0, 0.1) is 0 Å². The first-order valence-electron chi connectivity index (χ1n) is 8.96. The topological polar surface area (TPSA) is 99.3 Å². The molecule has 2 aromatic carbocycles.